The van der Waals surface area contributed by atoms with Crippen LogP contribution in [0.25, 0.3) is 0 Å². The van der Waals surface area contributed by atoms with Crippen LogP contribution in [0.4, 0.5) is 0 Å². The lowest BCUT2D eigenvalue weighted by Crippen LogP contribution is -2.37. The molecule has 0 fully saturated rings. The van der Waals surface area contributed by atoms with E-state index in [2.05, 4.69) is 53.5 Å². The quantitative estimate of drug-likeness (QED) is 0.362. The van der Waals surface area contributed by atoms with E-state index in [4.69, 9.17) is 4.52 Å². The number of guanidine groups is 1. The lowest BCUT2D eigenvalue weighted by Gasteiger charge is -2.09. The van der Waals surface area contributed by atoms with Gasteiger partial charge in [0.25, 0.3) is 0 Å². The van der Waals surface area contributed by atoms with Crippen LogP contribution in [0.5, 0.6) is 0 Å². The van der Waals surface area contributed by atoms with Crippen LogP contribution in [-0.4, -0.2) is 29.7 Å². The summed E-state index contributed by atoms with van der Waals surface area (Å²) >= 11 is 1.78. The Hall–Kier alpha value is -1.16. The summed E-state index contributed by atoms with van der Waals surface area (Å²) in [6.07, 6.45) is 1.89. The Morgan fingerprint density at radius 1 is 1.36 bits per heavy atom. The van der Waals surface area contributed by atoms with Crippen molar-refractivity contribution in [2.24, 2.45) is 4.99 Å². The average molecular weight is 477 g/mol. The molecule has 2 N–H and O–H groups in total. The largest absolute Gasteiger partial charge is 0.359 e. The van der Waals surface area contributed by atoms with Crippen LogP contribution in [0.2, 0.25) is 0 Å². The summed E-state index contributed by atoms with van der Waals surface area (Å²) in [6.45, 7) is 9.83. The predicted molar refractivity (Wildman–Crippen MR) is 114 cm³/mol. The summed E-state index contributed by atoms with van der Waals surface area (Å²) in [5.74, 6) is 1.93. The Balaban J connectivity index is 0.00000312. The first kappa shape index (κ1) is 21.9. The smallest absolute Gasteiger partial charge is 0.191 e. The molecule has 0 saturated carbocycles. The Morgan fingerprint density at radius 3 is 2.68 bits per heavy atom. The highest BCUT2D eigenvalue weighted by Gasteiger charge is 2.09. The van der Waals surface area contributed by atoms with Gasteiger partial charge in [0.2, 0.25) is 0 Å². The van der Waals surface area contributed by atoms with E-state index in [1.54, 1.807) is 18.4 Å². The molecule has 0 saturated heterocycles. The molecule has 6 nitrogen and oxygen atoms in total. The molecule has 2 rings (SSSR count). The molecule has 2 aromatic heterocycles. The first-order valence-corrected chi connectivity index (χ1v) is 9.20. The van der Waals surface area contributed by atoms with Gasteiger partial charge in [-0.25, -0.2) is 4.98 Å². The van der Waals surface area contributed by atoms with Gasteiger partial charge in [-0.1, -0.05) is 25.9 Å². The molecular formula is C17H28IN5OS. The number of hydrogen-bond donors (Lipinski definition) is 2. The van der Waals surface area contributed by atoms with Crippen molar-refractivity contribution in [2.75, 3.05) is 13.6 Å². The molecule has 2 heterocycles. The zero-order valence-electron chi connectivity index (χ0n) is 15.5. The van der Waals surface area contributed by atoms with Crippen LogP contribution in [0.15, 0.2) is 15.6 Å². The highest BCUT2D eigenvalue weighted by Crippen LogP contribution is 2.18. The van der Waals surface area contributed by atoms with E-state index in [0.29, 0.717) is 12.5 Å². The van der Waals surface area contributed by atoms with E-state index in [0.717, 1.165) is 36.8 Å². The second kappa shape index (κ2) is 10.7. The van der Waals surface area contributed by atoms with Gasteiger partial charge in [0.1, 0.15) is 0 Å². The van der Waals surface area contributed by atoms with Crippen molar-refractivity contribution in [3.05, 3.63) is 33.1 Å². The third kappa shape index (κ3) is 6.58. The van der Waals surface area contributed by atoms with E-state index in [-0.39, 0.29) is 24.0 Å². The Labute approximate surface area is 170 Å². The number of aliphatic imine (C=N–C) groups is 1. The number of hydrogen-bond acceptors (Lipinski definition) is 5. The molecule has 0 aromatic carbocycles. The van der Waals surface area contributed by atoms with E-state index < -0.39 is 0 Å². The Morgan fingerprint density at radius 2 is 2.12 bits per heavy atom. The molecule has 0 aliphatic heterocycles. The predicted octanol–water partition coefficient (Wildman–Crippen LogP) is 3.65. The molecule has 2 aromatic rings. The van der Waals surface area contributed by atoms with Gasteiger partial charge in [-0.15, -0.1) is 35.3 Å². The van der Waals surface area contributed by atoms with Crippen LogP contribution in [-0.2, 0) is 19.4 Å². The SMILES string of the molecule is CCc1nc(CCNC(=NC)NCc2cc(C(C)C)no2)sc1C.I. The second-order valence-corrected chi connectivity index (χ2v) is 7.23. The summed E-state index contributed by atoms with van der Waals surface area (Å²) in [4.78, 5) is 10.2. The van der Waals surface area contributed by atoms with Crippen LogP contribution < -0.4 is 10.6 Å². The van der Waals surface area contributed by atoms with Crippen molar-refractivity contribution >= 4 is 41.3 Å². The third-order valence-corrected chi connectivity index (χ3v) is 4.80. The average Bonchev–Trinajstić information content (AvgIpc) is 3.17. The molecule has 25 heavy (non-hydrogen) atoms. The Kier molecular flexibility index (Phi) is 9.41. The van der Waals surface area contributed by atoms with Gasteiger partial charge < -0.3 is 15.2 Å². The maximum Gasteiger partial charge on any atom is 0.191 e. The fourth-order valence-electron chi connectivity index (χ4n) is 2.29. The highest BCUT2D eigenvalue weighted by atomic mass is 127. The summed E-state index contributed by atoms with van der Waals surface area (Å²) in [5, 5.41) is 11.8. The minimum Gasteiger partial charge on any atom is -0.359 e. The molecule has 0 aliphatic carbocycles. The zero-order chi connectivity index (χ0) is 17.5. The minimum atomic E-state index is 0. The maximum absolute atomic E-state index is 5.32. The number of halogens is 1. The number of nitrogens with one attached hydrogen (secondary N) is 2. The number of aryl methyl sites for hydroxylation is 2. The molecule has 0 radical (unpaired) electrons. The standard InChI is InChI=1S/C17H27N5OS.HI/c1-6-14-12(4)24-16(21-14)7-8-19-17(18-5)20-10-13-9-15(11(2)3)22-23-13;/h9,11H,6-8,10H2,1-5H3,(H2,18,19,20);1H. The lowest BCUT2D eigenvalue weighted by molar-refractivity contribution is 0.372. The van der Waals surface area contributed by atoms with Crippen molar-refractivity contribution in [1.29, 1.82) is 0 Å². The fraction of sp³-hybridized carbons (Fsp3) is 0.588. The van der Waals surface area contributed by atoms with Gasteiger partial charge >= 0.3 is 0 Å². The minimum absolute atomic E-state index is 0. The van der Waals surface area contributed by atoms with E-state index in [1.807, 2.05) is 6.07 Å². The van der Waals surface area contributed by atoms with Gasteiger partial charge in [-0.05, 0) is 19.3 Å². The maximum atomic E-state index is 5.32. The summed E-state index contributed by atoms with van der Waals surface area (Å²) < 4.78 is 5.32. The van der Waals surface area contributed by atoms with Crippen molar-refractivity contribution in [3.63, 3.8) is 0 Å². The van der Waals surface area contributed by atoms with Crippen molar-refractivity contribution in [2.45, 2.75) is 53.0 Å². The van der Waals surface area contributed by atoms with E-state index >= 15 is 0 Å². The zero-order valence-corrected chi connectivity index (χ0v) is 18.7. The number of nitrogens with zero attached hydrogens (tertiary/aromatic N) is 3. The van der Waals surface area contributed by atoms with Crippen molar-refractivity contribution < 1.29 is 4.52 Å². The monoisotopic (exact) mass is 477 g/mol. The topological polar surface area (TPSA) is 75.3 Å². The number of rotatable bonds is 7. The number of aromatic nitrogens is 2. The van der Waals surface area contributed by atoms with Gasteiger partial charge in [-0.3, -0.25) is 4.99 Å². The van der Waals surface area contributed by atoms with Gasteiger partial charge in [-0.2, -0.15) is 0 Å². The van der Waals surface area contributed by atoms with Crippen LogP contribution in [0, 0.1) is 6.92 Å². The normalized spacial score (nSPS) is 11.5. The second-order valence-electron chi connectivity index (χ2n) is 5.94. The van der Waals surface area contributed by atoms with Gasteiger partial charge in [0.05, 0.1) is 22.9 Å². The molecule has 0 spiro atoms. The molecule has 0 unspecified atom stereocenters. The summed E-state index contributed by atoms with van der Waals surface area (Å²) in [7, 11) is 1.76. The molecule has 0 amide bonds. The molecular weight excluding hydrogens is 449 g/mol. The van der Waals surface area contributed by atoms with E-state index in [9.17, 15) is 0 Å². The van der Waals surface area contributed by atoms with Gasteiger partial charge in [0, 0.05) is 31.0 Å². The first-order valence-electron chi connectivity index (χ1n) is 8.38. The molecule has 0 bridgehead atoms. The van der Waals surface area contributed by atoms with Gasteiger partial charge in [0.15, 0.2) is 11.7 Å². The third-order valence-electron chi connectivity index (χ3n) is 3.73. The molecule has 0 atom stereocenters. The van der Waals surface area contributed by atoms with Crippen LogP contribution in [0.1, 0.15) is 53.7 Å². The Bertz CT molecular complexity index is 680. The van der Waals surface area contributed by atoms with Crippen LogP contribution in [0.3, 0.4) is 0 Å². The fourth-order valence-corrected chi connectivity index (χ4v) is 3.31. The summed E-state index contributed by atoms with van der Waals surface area (Å²) in [6, 6.07) is 1.98. The molecule has 140 valence electrons. The molecule has 0 aliphatic rings. The van der Waals surface area contributed by atoms with Crippen molar-refractivity contribution in [1.82, 2.24) is 20.8 Å². The van der Waals surface area contributed by atoms with Crippen LogP contribution >= 0.6 is 35.3 Å². The molecule has 8 heteroatoms. The summed E-state index contributed by atoms with van der Waals surface area (Å²) in [5.41, 5.74) is 2.18. The lowest BCUT2D eigenvalue weighted by atomic mass is 10.1. The first-order chi connectivity index (χ1) is 11.5. The number of thiazole rings is 1. The van der Waals surface area contributed by atoms with E-state index in [1.165, 1.54) is 15.6 Å². The van der Waals surface area contributed by atoms with Crippen molar-refractivity contribution in [3.8, 4) is 0 Å². The highest BCUT2D eigenvalue weighted by molar-refractivity contribution is 14.0.